The zero-order chi connectivity index (χ0) is 13.7. The van der Waals surface area contributed by atoms with Crippen molar-refractivity contribution in [3.05, 3.63) is 0 Å². The lowest BCUT2D eigenvalue weighted by atomic mass is 9.94. The summed E-state index contributed by atoms with van der Waals surface area (Å²) in [4.78, 5) is 7.15. The summed E-state index contributed by atoms with van der Waals surface area (Å²) in [6, 6.07) is 0.654. The molecule has 2 N–H and O–H groups in total. The maximum absolute atomic E-state index is 4.72. The van der Waals surface area contributed by atoms with Crippen LogP contribution in [-0.4, -0.2) is 50.1 Å². The van der Waals surface area contributed by atoms with E-state index in [1.807, 2.05) is 0 Å². The van der Waals surface area contributed by atoms with Crippen molar-refractivity contribution in [2.24, 2.45) is 16.8 Å². The van der Waals surface area contributed by atoms with Gasteiger partial charge in [-0.1, -0.05) is 6.92 Å². The molecule has 2 aliphatic rings. The molecule has 2 rings (SSSR count). The van der Waals surface area contributed by atoms with Crippen LogP contribution in [0.5, 0.6) is 0 Å². The molecule has 1 aliphatic heterocycles. The van der Waals surface area contributed by atoms with Crippen molar-refractivity contribution in [3.63, 3.8) is 0 Å². The van der Waals surface area contributed by atoms with Crippen LogP contribution >= 0.6 is 0 Å². The summed E-state index contributed by atoms with van der Waals surface area (Å²) < 4.78 is 0. The van der Waals surface area contributed by atoms with Crippen molar-refractivity contribution in [2.45, 2.75) is 45.6 Å². The Kier molecular flexibility index (Phi) is 5.49. The van der Waals surface area contributed by atoms with E-state index in [0.29, 0.717) is 6.04 Å². The van der Waals surface area contributed by atoms with Crippen molar-refractivity contribution in [1.29, 1.82) is 0 Å². The van der Waals surface area contributed by atoms with E-state index in [-0.39, 0.29) is 0 Å². The monoisotopic (exact) mass is 266 g/mol. The molecule has 0 amide bonds. The highest BCUT2D eigenvalue weighted by atomic mass is 15.2. The summed E-state index contributed by atoms with van der Waals surface area (Å²) in [6.07, 6.45) is 5.22. The number of nitrogens with one attached hydrogen (secondary N) is 2. The quantitative estimate of drug-likeness (QED) is 0.587. The molecule has 0 bridgehead atoms. The Bertz CT molecular complexity index is 295. The first-order valence-corrected chi connectivity index (χ1v) is 7.92. The SMILES string of the molecule is CCNC(=NCCC1CCN(C)CC1)NC1CC1C. The van der Waals surface area contributed by atoms with Gasteiger partial charge in [0, 0.05) is 19.1 Å². The predicted molar refractivity (Wildman–Crippen MR) is 81.5 cm³/mol. The number of nitrogens with zero attached hydrogens (tertiary/aromatic N) is 2. The molecule has 1 aliphatic carbocycles. The van der Waals surface area contributed by atoms with Crippen LogP contribution in [0.2, 0.25) is 0 Å². The smallest absolute Gasteiger partial charge is 0.191 e. The van der Waals surface area contributed by atoms with Crippen LogP contribution in [0.15, 0.2) is 4.99 Å². The fourth-order valence-electron chi connectivity index (χ4n) is 2.73. The van der Waals surface area contributed by atoms with Crippen LogP contribution in [0.25, 0.3) is 0 Å². The van der Waals surface area contributed by atoms with E-state index in [1.165, 1.54) is 38.8 Å². The molecule has 0 spiro atoms. The fraction of sp³-hybridized carbons (Fsp3) is 0.933. The molecular weight excluding hydrogens is 236 g/mol. The molecule has 19 heavy (non-hydrogen) atoms. The molecular formula is C15H30N4. The molecule has 0 aromatic heterocycles. The van der Waals surface area contributed by atoms with Crippen LogP contribution in [0.3, 0.4) is 0 Å². The van der Waals surface area contributed by atoms with Gasteiger partial charge in [0.05, 0.1) is 0 Å². The minimum absolute atomic E-state index is 0.654. The number of likely N-dealkylation sites (tertiary alicyclic amines) is 1. The number of piperidine rings is 1. The second kappa shape index (κ2) is 7.13. The largest absolute Gasteiger partial charge is 0.357 e. The van der Waals surface area contributed by atoms with Gasteiger partial charge in [-0.15, -0.1) is 0 Å². The highest BCUT2D eigenvalue weighted by Crippen LogP contribution is 2.28. The van der Waals surface area contributed by atoms with Gasteiger partial charge in [0.2, 0.25) is 0 Å². The molecule has 2 atom stereocenters. The van der Waals surface area contributed by atoms with Gasteiger partial charge in [0.25, 0.3) is 0 Å². The van der Waals surface area contributed by atoms with Crippen molar-refractivity contribution < 1.29 is 0 Å². The fourth-order valence-corrected chi connectivity index (χ4v) is 2.73. The first-order chi connectivity index (χ1) is 9.19. The highest BCUT2D eigenvalue weighted by molar-refractivity contribution is 5.80. The van der Waals surface area contributed by atoms with Crippen LogP contribution in [-0.2, 0) is 0 Å². The number of guanidine groups is 1. The van der Waals surface area contributed by atoms with E-state index in [0.717, 1.165) is 30.9 Å². The number of hydrogen-bond acceptors (Lipinski definition) is 2. The molecule has 2 unspecified atom stereocenters. The van der Waals surface area contributed by atoms with Crippen LogP contribution in [0.1, 0.15) is 39.5 Å². The van der Waals surface area contributed by atoms with E-state index in [9.17, 15) is 0 Å². The molecule has 4 heteroatoms. The Morgan fingerprint density at radius 1 is 1.32 bits per heavy atom. The predicted octanol–water partition coefficient (Wildman–Crippen LogP) is 1.68. The Labute approximate surface area is 118 Å². The standard InChI is InChI=1S/C15H30N4/c1-4-16-15(18-14-11-12(14)2)17-8-5-13-6-9-19(3)10-7-13/h12-14H,4-11H2,1-3H3,(H2,16,17,18). The number of aliphatic imine (C=N–C) groups is 1. The molecule has 4 nitrogen and oxygen atoms in total. The van der Waals surface area contributed by atoms with Gasteiger partial charge in [0.15, 0.2) is 5.96 Å². The lowest BCUT2D eigenvalue weighted by Gasteiger charge is -2.28. The summed E-state index contributed by atoms with van der Waals surface area (Å²) in [5.41, 5.74) is 0. The van der Waals surface area contributed by atoms with Gasteiger partial charge in [-0.3, -0.25) is 4.99 Å². The van der Waals surface area contributed by atoms with E-state index in [2.05, 4.69) is 36.4 Å². The molecule has 0 aromatic rings. The maximum Gasteiger partial charge on any atom is 0.191 e. The van der Waals surface area contributed by atoms with Gasteiger partial charge in [-0.2, -0.15) is 0 Å². The van der Waals surface area contributed by atoms with Crippen LogP contribution in [0, 0.1) is 11.8 Å². The first kappa shape index (κ1) is 14.6. The summed E-state index contributed by atoms with van der Waals surface area (Å²) >= 11 is 0. The zero-order valence-electron chi connectivity index (χ0n) is 12.8. The van der Waals surface area contributed by atoms with Crippen LogP contribution in [0.4, 0.5) is 0 Å². The third-order valence-corrected chi connectivity index (χ3v) is 4.42. The Balaban J connectivity index is 1.68. The average molecular weight is 266 g/mol. The molecule has 1 saturated heterocycles. The molecule has 1 heterocycles. The Hall–Kier alpha value is -0.770. The Morgan fingerprint density at radius 3 is 2.58 bits per heavy atom. The molecule has 0 radical (unpaired) electrons. The van der Waals surface area contributed by atoms with Crippen LogP contribution < -0.4 is 10.6 Å². The zero-order valence-corrected chi connectivity index (χ0v) is 12.8. The molecule has 2 fully saturated rings. The summed E-state index contributed by atoms with van der Waals surface area (Å²) in [7, 11) is 2.22. The first-order valence-electron chi connectivity index (χ1n) is 7.92. The van der Waals surface area contributed by atoms with E-state index in [1.54, 1.807) is 0 Å². The van der Waals surface area contributed by atoms with Crippen molar-refractivity contribution in [3.8, 4) is 0 Å². The normalized spacial score (nSPS) is 29.3. The maximum atomic E-state index is 4.72. The van der Waals surface area contributed by atoms with E-state index in [4.69, 9.17) is 4.99 Å². The summed E-state index contributed by atoms with van der Waals surface area (Å²) in [5, 5.41) is 6.87. The lowest BCUT2D eigenvalue weighted by Crippen LogP contribution is -2.39. The molecule has 110 valence electrons. The van der Waals surface area contributed by atoms with Gasteiger partial charge >= 0.3 is 0 Å². The van der Waals surface area contributed by atoms with Gasteiger partial charge in [0.1, 0.15) is 0 Å². The van der Waals surface area contributed by atoms with E-state index >= 15 is 0 Å². The second-order valence-corrected chi connectivity index (χ2v) is 6.26. The van der Waals surface area contributed by atoms with Gasteiger partial charge in [-0.05, 0) is 64.6 Å². The average Bonchev–Trinajstić information content (AvgIpc) is 3.07. The van der Waals surface area contributed by atoms with E-state index < -0.39 is 0 Å². The lowest BCUT2D eigenvalue weighted by molar-refractivity contribution is 0.214. The van der Waals surface area contributed by atoms with Crippen molar-refractivity contribution in [2.75, 3.05) is 33.2 Å². The van der Waals surface area contributed by atoms with Crippen molar-refractivity contribution >= 4 is 5.96 Å². The molecule has 1 saturated carbocycles. The minimum atomic E-state index is 0.654. The topological polar surface area (TPSA) is 39.7 Å². The van der Waals surface area contributed by atoms with Gasteiger partial charge < -0.3 is 15.5 Å². The summed E-state index contributed by atoms with van der Waals surface area (Å²) in [6.45, 7) is 8.84. The van der Waals surface area contributed by atoms with Crippen molar-refractivity contribution in [1.82, 2.24) is 15.5 Å². The third-order valence-electron chi connectivity index (χ3n) is 4.42. The minimum Gasteiger partial charge on any atom is -0.357 e. The Morgan fingerprint density at radius 2 is 2.00 bits per heavy atom. The summed E-state index contributed by atoms with van der Waals surface area (Å²) in [5.74, 6) is 2.71. The number of hydrogen-bond donors (Lipinski definition) is 2. The number of rotatable bonds is 5. The van der Waals surface area contributed by atoms with Gasteiger partial charge in [-0.25, -0.2) is 0 Å². The molecule has 0 aromatic carbocycles. The highest BCUT2D eigenvalue weighted by Gasteiger charge is 2.33. The second-order valence-electron chi connectivity index (χ2n) is 6.26. The third kappa shape index (κ3) is 5.01.